The average Bonchev–Trinajstić information content (AvgIpc) is 2.12. The quantitative estimate of drug-likeness (QED) is 0.628. The van der Waals surface area contributed by atoms with Crippen LogP contribution in [0.2, 0.25) is 0 Å². The molecule has 0 amide bonds. The molecule has 1 heterocycles. The van der Waals surface area contributed by atoms with Crippen molar-refractivity contribution in [3.63, 3.8) is 0 Å². The highest BCUT2D eigenvalue weighted by molar-refractivity contribution is 5.94. The molecule has 1 saturated heterocycles. The predicted octanol–water partition coefficient (Wildman–Crippen LogP) is 1.75. The molecule has 0 atom stereocenters. The molecule has 1 rings (SSSR count). The number of ketones is 1. The zero-order valence-corrected chi connectivity index (χ0v) is 12.8. The van der Waals surface area contributed by atoms with Crippen LogP contribution in [0.4, 0.5) is 0 Å². The Bertz CT molecular complexity index is 319. The van der Waals surface area contributed by atoms with Crippen LogP contribution in [-0.2, 0) is 23.9 Å². The molecule has 0 bridgehead atoms. The number of aliphatic hydroxyl groups is 1. The number of Topliss-reactive ketones (excluding diaryl/α,β-unsaturated/α-hetero) is 1. The smallest absolute Gasteiger partial charge is 0.318 e. The minimum Gasteiger partial charge on any atom is -0.463 e. The number of carbonyl (C=O) groups excluding carboxylic acids is 3. The number of esters is 2. The molecule has 1 fully saturated rings. The molecule has 0 radical (unpaired) electrons. The summed E-state index contributed by atoms with van der Waals surface area (Å²) in [6.07, 6.45) is 0.00454. The summed E-state index contributed by atoms with van der Waals surface area (Å²) in [6.45, 7) is 11.7. The van der Waals surface area contributed by atoms with Crippen molar-refractivity contribution in [3.8, 4) is 0 Å². The average molecular weight is 288 g/mol. The first kappa shape index (κ1) is 20.6. The summed E-state index contributed by atoms with van der Waals surface area (Å²) in [4.78, 5) is 30.8. The molecule has 1 N–H and O–H groups in total. The molecule has 6 nitrogen and oxygen atoms in total. The zero-order chi connectivity index (χ0) is 16.3. The highest BCUT2D eigenvalue weighted by atomic mass is 16.6. The number of hydrogen-bond donors (Lipinski definition) is 1. The van der Waals surface area contributed by atoms with Crippen molar-refractivity contribution in [2.24, 2.45) is 0 Å². The number of hydrogen-bond acceptors (Lipinski definition) is 6. The first-order valence-corrected chi connectivity index (χ1v) is 6.30. The van der Waals surface area contributed by atoms with Crippen molar-refractivity contribution in [1.29, 1.82) is 0 Å². The maximum Gasteiger partial charge on any atom is 0.318 e. The molecule has 0 aromatic heterocycles. The van der Waals surface area contributed by atoms with Gasteiger partial charge < -0.3 is 14.6 Å². The Hall–Kier alpha value is -1.69. The van der Waals surface area contributed by atoms with Gasteiger partial charge in [-0.2, -0.15) is 0 Å². The minimum atomic E-state index is -0.442. The van der Waals surface area contributed by atoms with Crippen molar-refractivity contribution in [2.75, 3.05) is 0 Å². The normalized spacial score (nSPS) is 12.4. The topological polar surface area (TPSA) is 89.9 Å². The number of ether oxygens (including phenoxy) is 2. The van der Waals surface area contributed by atoms with Gasteiger partial charge >= 0.3 is 11.9 Å². The Labute approximate surface area is 119 Å². The van der Waals surface area contributed by atoms with Crippen LogP contribution in [-0.4, -0.2) is 35.0 Å². The fourth-order valence-corrected chi connectivity index (χ4v) is 0.821. The SMILES string of the molecule is C=C1CC(=O)O1.CC(=O)CC(=O)OC(C)C.CC(C)O. The number of aliphatic hydroxyl groups excluding tert-OH is 1. The Balaban J connectivity index is 0. The van der Waals surface area contributed by atoms with Gasteiger partial charge in [0.15, 0.2) is 0 Å². The van der Waals surface area contributed by atoms with Gasteiger partial charge in [-0.1, -0.05) is 6.58 Å². The van der Waals surface area contributed by atoms with Gasteiger partial charge in [-0.15, -0.1) is 0 Å². The maximum atomic E-state index is 10.6. The second-order valence-electron chi connectivity index (χ2n) is 4.70. The van der Waals surface area contributed by atoms with E-state index in [1.807, 2.05) is 0 Å². The predicted molar refractivity (Wildman–Crippen MR) is 73.7 cm³/mol. The third-order valence-electron chi connectivity index (χ3n) is 1.36. The van der Waals surface area contributed by atoms with E-state index in [0.29, 0.717) is 12.2 Å². The second kappa shape index (κ2) is 11.2. The summed E-state index contributed by atoms with van der Waals surface area (Å²) in [6, 6.07) is 0. The van der Waals surface area contributed by atoms with Crippen LogP contribution in [0.15, 0.2) is 12.3 Å². The Morgan fingerprint density at radius 2 is 1.75 bits per heavy atom. The molecule has 0 saturated carbocycles. The fraction of sp³-hybridized carbons (Fsp3) is 0.643. The molecule has 0 unspecified atom stereocenters. The van der Waals surface area contributed by atoms with E-state index >= 15 is 0 Å². The Morgan fingerprint density at radius 1 is 1.35 bits per heavy atom. The van der Waals surface area contributed by atoms with Crippen LogP contribution in [0.1, 0.15) is 47.5 Å². The summed E-state index contributed by atoms with van der Waals surface area (Å²) in [5.41, 5.74) is 0. The zero-order valence-electron chi connectivity index (χ0n) is 12.8. The summed E-state index contributed by atoms with van der Waals surface area (Å²) >= 11 is 0. The fourth-order valence-electron chi connectivity index (χ4n) is 0.821. The lowest BCUT2D eigenvalue weighted by atomic mass is 10.3. The largest absolute Gasteiger partial charge is 0.463 e. The number of cyclic esters (lactones) is 1. The van der Waals surface area contributed by atoms with E-state index in [1.165, 1.54) is 6.92 Å². The molecule has 0 aromatic rings. The molecule has 1 aliphatic rings. The van der Waals surface area contributed by atoms with Gasteiger partial charge in [-0.25, -0.2) is 0 Å². The lowest BCUT2D eigenvalue weighted by Crippen LogP contribution is -2.15. The van der Waals surface area contributed by atoms with Crippen LogP contribution < -0.4 is 0 Å². The Morgan fingerprint density at radius 3 is 1.90 bits per heavy atom. The maximum absolute atomic E-state index is 10.6. The van der Waals surface area contributed by atoms with E-state index in [1.54, 1.807) is 27.7 Å². The first-order chi connectivity index (χ1) is 9.04. The molecule has 6 heteroatoms. The standard InChI is InChI=1S/C7H12O3.C4H4O2.C3H8O/c1-5(2)10-7(9)4-6(3)8;1-3-2-4(5)6-3;1-3(2)4/h5H,4H2,1-3H3;1-2H2;3-4H,1-2H3. The summed E-state index contributed by atoms with van der Waals surface area (Å²) in [5, 5.41) is 8.06. The van der Waals surface area contributed by atoms with Crippen LogP contribution >= 0.6 is 0 Å². The number of carbonyl (C=O) groups is 3. The van der Waals surface area contributed by atoms with Crippen molar-refractivity contribution in [2.45, 2.75) is 59.7 Å². The van der Waals surface area contributed by atoms with E-state index in [9.17, 15) is 14.4 Å². The Kier molecular flexibility index (Phi) is 11.5. The van der Waals surface area contributed by atoms with Gasteiger partial charge in [0.25, 0.3) is 0 Å². The van der Waals surface area contributed by atoms with Crippen LogP contribution in [0.3, 0.4) is 0 Å². The lowest BCUT2D eigenvalue weighted by Gasteiger charge is -2.12. The number of rotatable bonds is 3. The van der Waals surface area contributed by atoms with Gasteiger partial charge in [0.1, 0.15) is 24.4 Å². The third-order valence-corrected chi connectivity index (χ3v) is 1.36. The van der Waals surface area contributed by atoms with Gasteiger partial charge in [0, 0.05) is 6.10 Å². The van der Waals surface area contributed by atoms with E-state index in [0.717, 1.165) is 0 Å². The molecule has 1 aliphatic heterocycles. The van der Waals surface area contributed by atoms with Gasteiger partial charge in [0.2, 0.25) is 0 Å². The molecule has 0 aromatic carbocycles. The highest BCUT2D eigenvalue weighted by Crippen LogP contribution is 2.13. The van der Waals surface area contributed by atoms with Crippen molar-refractivity contribution in [3.05, 3.63) is 12.3 Å². The van der Waals surface area contributed by atoms with E-state index in [4.69, 9.17) is 9.84 Å². The summed E-state index contributed by atoms with van der Waals surface area (Å²) in [5.74, 6) is -0.187. The monoisotopic (exact) mass is 288 g/mol. The van der Waals surface area contributed by atoms with E-state index in [-0.39, 0.29) is 30.4 Å². The van der Waals surface area contributed by atoms with Crippen LogP contribution in [0, 0.1) is 0 Å². The van der Waals surface area contributed by atoms with Crippen molar-refractivity contribution < 1.29 is 29.0 Å². The van der Waals surface area contributed by atoms with Crippen LogP contribution in [0.5, 0.6) is 0 Å². The molecule has 0 aliphatic carbocycles. The van der Waals surface area contributed by atoms with E-state index < -0.39 is 5.97 Å². The third kappa shape index (κ3) is 18.7. The highest BCUT2D eigenvalue weighted by Gasteiger charge is 2.17. The summed E-state index contributed by atoms with van der Waals surface area (Å²) < 4.78 is 9.01. The van der Waals surface area contributed by atoms with Gasteiger partial charge in [-0.05, 0) is 34.6 Å². The summed E-state index contributed by atoms with van der Waals surface area (Å²) in [7, 11) is 0. The molecule has 116 valence electrons. The molecule has 0 spiro atoms. The van der Waals surface area contributed by atoms with Gasteiger partial charge in [0.05, 0.1) is 6.10 Å². The van der Waals surface area contributed by atoms with Gasteiger partial charge in [-0.3, -0.25) is 14.4 Å². The second-order valence-corrected chi connectivity index (χ2v) is 4.70. The molecular weight excluding hydrogens is 264 g/mol. The minimum absolute atomic E-state index is 0.113. The van der Waals surface area contributed by atoms with Crippen LogP contribution in [0.25, 0.3) is 0 Å². The first-order valence-electron chi connectivity index (χ1n) is 6.30. The van der Waals surface area contributed by atoms with Crippen molar-refractivity contribution in [1.82, 2.24) is 0 Å². The van der Waals surface area contributed by atoms with Crippen molar-refractivity contribution >= 4 is 17.7 Å². The molecular formula is C14H24O6. The molecule has 20 heavy (non-hydrogen) atoms. The lowest BCUT2D eigenvalue weighted by molar-refractivity contribution is -0.150. The van der Waals surface area contributed by atoms with E-state index in [2.05, 4.69) is 11.3 Å².